The Labute approximate surface area is 213 Å². The number of nitro benzene ring substituents is 1. The van der Waals surface area contributed by atoms with E-state index < -0.39 is 29.1 Å². The second kappa shape index (κ2) is 9.69. The lowest BCUT2D eigenvalue weighted by Crippen LogP contribution is -2.20. The highest BCUT2D eigenvalue weighted by atomic mass is 35.5. The van der Waals surface area contributed by atoms with Gasteiger partial charge >= 0.3 is 6.18 Å². The molecule has 4 rings (SSSR count). The Kier molecular flexibility index (Phi) is 6.78. The summed E-state index contributed by atoms with van der Waals surface area (Å²) in [6.07, 6.45) is -4.63. The Balaban J connectivity index is 1.62. The maximum absolute atomic E-state index is 13.6. The molecule has 2 aromatic carbocycles. The van der Waals surface area contributed by atoms with Crippen molar-refractivity contribution in [3.05, 3.63) is 80.1 Å². The summed E-state index contributed by atoms with van der Waals surface area (Å²) in [5.74, 6) is -0.228. The molecule has 4 aromatic rings. The van der Waals surface area contributed by atoms with Crippen molar-refractivity contribution in [2.75, 3.05) is 5.32 Å². The van der Waals surface area contributed by atoms with Gasteiger partial charge in [0.15, 0.2) is 5.65 Å². The average molecular weight is 534 g/mol. The van der Waals surface area contributed by atoms with Crippen LogP contribution in [0.25, 0.3) is 11.0 Å². The standard InChI is InChI=1S/C24H19ClF3N5O4/c1-12-6-17(4-5-20(12)25)37-18-9-15(8-16(10-18)33(35)36)30-21(34)11-32-23-22(14(3)31-32)19(24(26,27)28)7-13(2)29-23/h4-10H,11H2,1-3H3,(H,30,34). The minimum Gasteiger partial charge on any atom is -0.457 e. The first kappa shape index (κ1) is 25.9. The third kappa shape index (κ3) is 5.64. The van der Waals surface area contributed by atoms with Crippen LogP contribution < -0.4 is 10.1 Å². The van der Waals surface area contributed by atoms with Crippen molar-refractivity contribution in [2.24, 2.45) is 0 Å². The number of hydrogen-bond donors (Lipinski definition) is 1. The second-order valence-corrected chi connectivity index (χ2v) is 8.69. The Hall–Kier alpha value is -4.19. The van der Waals surface area contributed by atoms with E-state index in [1.807, 2.05) is 0 Å². The van der Waals surface area contributed by atoms with E-state index in [9.17, 15) is 28.1 Å². The summed E-state index contributed by atoms with van der Waals surface area (Å²) in [6.45, 7) is 4.09. The number of hydrogen-bond acceptors (Lipinski definition) is 6. The molecule has 37 heavy (non-hydrogen) atoms. The van der Waals surface area contributed by atoms with E-state index in [1.165, 1.54) is 26.0 Å². The molecule has 192 valence electrons. The van der Waals surface area contributed by atoms with Gasteiger partial charge in [-0.3, -0.25) is 14.9 Å². The third-order valence-electron chi connectivity index (χ3n) is 5.36. The smallest absolute Gasteiger partial charge is 0.417 e. The summed E-state index contributed by atoms with van der Waals surface area (Å²) in [6, 6.07) is 9.47. The summed E-state index contributed by atoms with van der Waals surface area (Å²) in [4.78, 5) is 27.7. The number of carbonyl (C=O) groups excluding carboxylic acids is 1. The van der Waals surface area contributed by atoms with Crippen LogP contribution in [0.5, 0.6) is 11.5 Å². The van der Waals surface area contributed by atoms with Crippen LogP contribution in [0.4, 0.5) is 24.5 Å². The zero-order chi connectivity index (χ0) is 27.1. The lowest BCUT2D eigenvalue weighted by molar-refractivity contribution is -0.384. The molecule has 13 heteroatoms. The van der Waals surface area contributed by atoms with E-state index in [1.54, 1.807) is 25.1 Å². The Morgan fingerprint density at radius 3 is 2.51 bits per heavy atom. The van der Waals surface area contributed by atoms with E-state index in [0.29, 0.717) is 10.8 Å². The minimum absolute atomic E-state index is 0.0492. The van der Waals surface area contributed by atoms with Crippen LogP contribution in [0.2, 0.25) is 5.02 Å². The molecule has 0 aliphatic carbocycles. The molecule has 0 unspecified atom stereocenters. The average Bonchev–Trinajstić information content (AvgIpc) is 3.09. The van der Waals surface area contributed by atoms with Crippen molar-refractivity contribution in [1.82, 2.24) is 14.8 Å². The van der Waals surface area contributed by atoms with Crippen molar-refractivity contribution in [1.29, 1.82) is 0 Å². The summed E-state index contributed by atoms with van der Waals surface area (Å²) in [5.41, 5.74) is -0.374. The molecule has 1 N–H and O–H groups in total. The van der Waals surface area contributed by atoms with E-state index in [2.05, 4.69) is 15.4 Å². The zero-order valence-corrected chi connectivity index (χ0v) is 20.4. The molecule has 2 aromatic heterocycles. The maximum atomic E-state index is 13.6. The monoisotopic (exact) mass is 533 g/mol. The number of nitrogens with one attached hydrogen (secondary N) is 1. The Morgan fingerprint density at radius 2 is 1.86 bits per heavy atom. The number of halogens is 4. The molecule has 0 aliphatic rings. The van der Waals surface area contributed by atoms with Gasteiger partial charge in [-0.2, -0.15) is 18.3 Å². The summed E-state index contributed by atoms with van der Waals surface area (Å²) >= 11 is 6.02. The molecule has 0 spiro atoms. The highest BCUT2D eigenvalue weighted by Gasteiger charge is 2.35. The zero-order valence-electron chi connectivity index (χ0n) is 19.7. The maximum Gasteiger partial charge on any atom is 0.417 e. The number of amides is 1. The van der Waals surface area contributed by atoms with Crippen LogP contribution in [-0.4, -0.2) is 25.6 Å². The van der Waals surface area contributed by atoms with Crippen molar-refractivity contribution < 1.29 is 27.6 Å². The molecule has 0 atom stereocenters. The number of benzene rings is 2. The minimum atomic E-state index is -4.63. The van der Waals surface area contributed by atoms with E-state index in [4.69, 9.17) is 16.3 Å². The largest absolute Gasteiger partial charge is 0.457 e. The van der Waals surface area contributed by atoms with Crippen LogP contribution in [0.1, 0.15) is 22.5 Å². The van der Waals surface area contributed by atoms with Gasteiger partial charge in [0.1, 0.15) is 18.0 Å². The number of rotatable bonds is 6. The molecule has 9 nitrogen and oxygen atoms in total. The summed E-state index contributed by atoms with van der Waals surface area (Å²) in [5, 5.41) is 18.3. The number of carbonyl (C=O) groups is 1. The van der Waals surface area contributed by atoms with Gasteiger partial charge < -0.3 is 10.1 Å². The third-order valence-corrected chi connectivity index (χ3v) is 5.78. The van der Waals surface area contributed by atoms with E-state index in [0.717, 1.165) is 22.4 Å². The fourth-order valence-electron chi connectivity index (χ4n) is 3.79. The van der Waals surface area contributed by atoms with Crippen LogP contribution in [-0.2, 0) is 17.5 Å². The number of non-ortho nitro benzene ring substituents is 1. The number of aromatic nitrogens is 3. The van der Waals surface area contributed by atoms with Crippen molar-refractivity contribution in [3.63, 3.8) is 0 Å². The van der Waals surface area contributed by atoms with Crippen LogP contribution in [0.3, 0.4) is 0 Å². The lowest BCUT2D eigenvalue weighted by Gasteiger charge is -2.11. The number of fused-ring (bicyclic) bond motifs is 1. The first-order chi connectivity index (χ1) is 17.3. The van der Waals surface area contributed by atoms with Gasteiger partial charge in [-0.25, -0.2) is 9.67 Å². The topological polar surface area (TPSA) is 112 Å². The van der Waals surface area contributed by atoms with E-state index >= 15 is 0 Å². The highest BCUT2D eigenvalue weighted by molar-refractivity contribution is 6.31. The Morgan fingerprint density at radius 1 is 1.14 bits per heavy atom. The summed E-state index contributed by atoms with van der Waals surface area (Å²) < 4.78 is 47.5. The lowest BCUT2D eigenvalue weighted by atomic mass is 10.1. The number of alkyl halides is 3. The molecule has 0 radical (unpaired) electrons. The van der Waals surface area contributed by atoms with E-state index in [-0.39, 0.29) is 39.5 Å². The number of aryl methyl sites for hydroxylation is 3. The number of anilines is 1. The van der Waals surface area contributed by atoms with Gasteiger partial charge in [-0.05, 0) is 50.6 Å². The molecule has 0 saturated carbocycles. The van der Waals surface area contributed by atoms with Gasteiger partial charge in [0.2, 0.25) is 5.91 Å². The van der Waals surface area contributed by atoms with Crippen molar-refractivity contribution in [2.45, 2.75) is 33.5 Å². The normalized spacial score (nSPS) is 11.5. The molecular weight excluding hydrogens is 515 g/mol. The van der Waals surface area contributed by atoms with Gasteiger partial charge in [0, 0.05) is 22.8 Å². The molecule has 2 heterocycles. The molecule has 0 bridgehead atoms. The first-order valence-electron chi connectivity index (χ1n) is 10.8. The Bertz CT molecular complexity index is 1550. The van der Waals surface area contributed by atoms with Crippen molar-refractivity contribution in [3.8, 4) is 11.5 Å². The highest BCUT2D eigenvalue weighted by Crippen LogP contribution is 2.36. The van der Waals surface area contributed by atoms with Gasteiger partial charge in [0.25, 0.3) is 5.69 Å². The van der Waals surface area contributed by atoms with Gasteiger partial charge in [0.05, 0.1) is 33.3 Å². The van der Waals surface area contributed by atoms with Crippen LogP contribution in [0, 0.1) is 30.9 Å². The fourth-order valence-corrected chi connectivity index (χ4v) is 3.90. The number of nitro groups is 1. The van der Waals surface area contributed by atoms with Gasteiger partial charge in [-0.15, -0.1) is 0 Å². The number of nitrogens with zero attached hydrogens (tertiary/aromatic N) is 4. The first-order valence-corrected chi connectivity index (χ1v) is 11.1. The van der Waals surface area contributed by atoms with Crippen molar-refractivity contribution >= 4 is 39.9 Å². The molecule has 0 aliphatic heterocycles. The predicted molar refractivity (Wildman–Crippen MR) is 130 cm³/mol. The fraction of sp³-hybridized carbons (Fsp3) is 0.208. The molecule has 0 saturated heterocycles. The quantitative estimate of drug-likeness (QED) is 0.228. The van der Waals surface area contributed by atoms with Gasteiger partial charge in [-0.1, -0.05) is 11.6 Å². The summed E-state index contributed by atoms with van der Waals surface area (Å²) in [7, 11) is 0. The molecule has 0 fully saturated rings. The van der Waals surface area contributed by atoms with Crippen LogP contribution >= 0.6 is 11.6 Å². The molecular formula is C24H19ClF3N5O4. The molecule has 1 amide bonds. The SMILES string of the molecule is Cc1cc(C(F)(F)F)c2c(C)nn(CC(=O)Nc3cc(Oc4ccc(Cl)c(C)c4)cc([N+](=O)[O-])c3)c2n1. The number of pyridine rings is 1. The number of ether oxygens (including phenoxy) is 1. The van der Waals surface area contributed by atoms with Crippen LogP contribution in [0.15, 0.2) is 42.5 Å². The predicted octanol–water partition coefficient (Wildman–Crippen LogP) is 6.37. The second-order valence-electron chi connectivity index (χ2n) is 8.28.